The largest absolute Gasteiger partial charge is 0.490 e. The number of rotatable bonds is 5. The highest BCUT2D eigenvalue weighted by Crippen LogP contribution is 2.32. The maximum atomic E-state index is 9.70. The Kier molecular flexibility index (Phi) is 5.66. The van der Waals surface area contributed by atoms with Crippen molar-refractivity contribution in [1.29, 1.82) is 0 Å². The van der Waals surface area contributed by atoms with Crippen LogP contribution in [0.5, 0.6) is 5.75 Å². The molecule has 0 atom stereocenters. The summed E-state index contributed by atoms with van der Waals surface area (Å²) >= 11 is 0. The molecule has 2 nitrogen and oxygen atoms in total. The fraction of sp³-hybridized carbons (Fsp3) is 0.556. The molecule has 0 heterocycles. The van der Waals surface area contributed by atoms with Gasteiger partial charge < -0.3 is 9.84 Å². The van der Waals surface area contributed by atoms with Gasteiger partial charge in [0.05, 0.1) is 12.7 Å². The Morgan fingerprint density at radius 3 is 2.60 bits per heavy atom. The van der Waals surface area contributed by atoms with Crippen LogP contribution in [0.2, 0.25) is 0 Å². The van der Waals surface area contributed by atoms with Crippen molar-refractivity contribution in [3.05, 3.63) is 35.4 Å². The highest BCUT2D eigenvalue weighted by atomic mass is 16.5. The maximum absolute atomic E-state index is 9.70. The van der Waals surface area contributed by atoms with Gasteiger partial charge in [-0.3, -0.25) is 0 Å². The Bertz CT molecular complexity index is 442. The molecule has 1 aromatic carbocycles. The van der Waals surface area contributed by atoms with Gasteiger partial charge in [0.2, 0.25) is 0 Å². The molecule has 2 heteroatoms. The van der Waals surface area contributed by atoms with E-state index in [4.69, 9.17) is 4.74 Å². The van der Waals surface area contributed by atoms with Crippen molar-refractivity contribution in [3.63, 3.8) is 0 Å². The van der Waals surface area contributed by atoms with E-state index in [-0.39, 0.29) is 12.7 Å². The molecule has 0 unspecified atom stereocenters. The first-order valence-corrected chi connectivity index (χ1v) is 7.77. The minimum Gasteiger partial charge on any atom is -0.490 e. The highest BCUT2D eigenvalue weighted by molar-refractivity contribution is 5.60. The van der Waals surface area contributed by atoms with E-state index in [2.05, 4.69) is 12.1 Å². The number of aliphatic hydroxyl groups is 1. The summed E-state index contributed by atoms with van der Waals surface area (Å²) in [6, 6.07) is 8.08. The van der Waals surface area contributed by atoms with Crippen LogP contribution >= 0.6 is 0 Å². The molecule has 20 heavy (non-hydrogen) atoms. The summed E-state index contributed by atoms with van der Waals surface area (Å²) in [7, 11) is 0. The van der Waals surface area contributed by atoms with Crippen LogP contribution in [-0.2, 0) is 0 Å². The predicted molar refractivity (Wildman–Crippen MR) is 83.8 cm³/mol. The zero-order chi connectivity index (χ0) is 14.4. The molecule has 2 rings (SSSR count). The monoisotopic (exact) mass is 274 g/mol. The van der Waals surface area contributed by atoms with Crippen molar-refractivity contribution in [2.24, 2.45) is 5.92 Å². The quantitative estimate of drug-likeness (QED) is 0.860. The van der Waals surface area contributed by atoms with Crippen molar-refractivity contribution >= 4 is 6.08 Å². The van der Waals surface area contributed by atoms with Gasteiger partial charge in [0.25, 0.3) is 0 Å². The van der Waals surface area contributed by atoms with Gasteiger partial charge in [0.15, 0.2) is 0 Å². The third-order valence-corrected chi connectivity index (χ3v) is 3.93. The topological polar surface area (TPSA) is 29.5 Å². The minimum absolute atomic E-state index is 0.153. The predicted octanol–water partition coefficient (Wildman–Crippen LogP) is 4.43. The van der Waals surface area contributed by atoms with Crippen LogP contribution in [0.25, 0.3) is 6.08 Å². The lowest BCUT2D eigenvalue weighted by atomic mass is 9.83. The fourth-order valence-electron chi connectivity index (χ4n) is 2.93. The van der Waals surface area contributed by atoms with Crippen molar-refractivity contribution < 1.29 is 9.84 Å². The number of para-hydroxylation sites is 1. The number of hydrogen-bond donors (Lipinski definition) is 1. The van der Waals surface area contributed by atoms with Crippen LogP contribution in [0.15, 0.2) is 29.8 Å². The standard InChI is InChI=1S/C18H26O2/c1-14(2)20-18-11-7-6-10-16(18)12-17(13-19)15-8-4-3-5-9-15/h6-7,10-12,14-15,19H,3-5,8-9,13H2,1-2H3/b17-12-. The van der Waals surface area contributed by atoms with Gasteiger partial charge in [-0.1, -0.05) is 37.5 Å². The lowest BCUT2D eigenvalue weighted by Gasteiger charge is -2.24. The summed E-state index contributed by atoms with van der Waals surface area (Å²) in [6.07, 6.45) is 8.62. The molecule has 0 bridgehead atoms. The Balaban J connectivity index is 2.22. The smallest absolute Gasteiger partial charge is 0.126 e. The Labute approximate surface area is 122 Å². The molecule has 1 fully saturated rings. The first kappa shape index (κ1) is 15.1. The van der Waals surface area contributed by atoms with Crippen LogP contribution in [0.1, 0.15) is 51.5 Å². The van der Waals surface area contributed by atoms with E-state index in [1.165, 1.54) is 32.1 Å². The van der Waals surface area contributed by atoms with Gasteiger partial charge in [-0.05, 0) is 50.3 Å². The van der Waals surface area contributed by atoms with Crippen LogP contribution in [0, 0.1) is 5.92 Å². The zero-order valence-electron chi connectivity index (χ0n) is 12.6. The molecule has 0 saturated heterocycles. The molecule has 1 aliphatic carbocycles. The molecular weight excluding hydrogens is 248 g/mol. The SMILES string of the molecule is CC(C)Oc1ccccc1/C=C(/CO)C1CCCCC1. The molecule has 1 aromatic rings. The second kappa shape index (κ2) is 7.49. The van der Waals surface area contributed by atoms with Crippen LogP contribution in [0.4, 0.5) is 0 Å². The van der Waals surface area contributed by atoms with Crippen molar-refractivity contribution in [2.45, 2.75) is 52.1 Å². The van der Waals surface area contributed by atoms with Gasteiger partial charge in [-0.2, -0.15) is 0 Å². The molecule has 1 saturated carbocycles. The molecular formula is C18H26O2. The molecule has 0 aliphatic heterocycles. The van der Waals surface area contributed by atoms with Crippen molar-refractivity contribution in [3.8, 4) is 5.75 Å². The Hall–Kier alpha value is -1.28. The van der Waals surface area contributed by atoms with E-state index < -0.39 is 0 Å². The Morgan fingerprint density at radius 2 is 1.95 bits per heavy atom. The van der Waals surface area contributed by atoms with Gasteiger partial charge in [0, 0.05) is 5.56 Å². The van der Waals surface area contributed by atoms with E-state index in [0.717, 1.165) is 16.9 Å². The zero-order valence-corrected chi connectivity index (χ0v) is 12.6. The highest BCUT2D eigenvalue weighted by Gasteiger charge is 2.17. The summed E-state index contributed by atoms with van der Waals surface area (Å²) in [5.74, 6) is 1.45. The van der Waals surface area contributed by atoms with Gasteiger partial charge in [-0.15, -0.1) is 0 Å². The van der Waals surface area contributed by atoms with Gasteiger partial charge in [-0.25, -0.2) is 0 Å². The van der Waals surface area contributed by atoms with Crippen LogP contribution < -0.4 is 4.74 Å². The average Bonchev–Trinajstić information content (AvgIpc) is 2.46. The summed E-state index contributed by atoms with van der Waals surface area (Å²) in [4.78, 5) is 0. The van der Waals surface area contributed by atoms with E-state index in [1.54, 1.807) is 0 Å². The van der Waals surface area contributed by atoms with Crippen molar-refractivity contribution in [2.75, 3.05) is 6.61 Å². The molecule has 110 valence electrons. The van der Waals surface area contributed by atoms with Gasteiger partial charge >= 0.3 is 0 Å². The number of ether oxygens (including phenoxy) is 1. The second-order valence-corrected chi connectivity index (χ2v) is 5.92. The third-order valence-electron chi connectivity index (χ3n) is 3.93. The average molecular weight is 274 g/mol. The summed E-state index contributed by atoms with van der Waals surface area (Å²) < 4.78 is 5.85. The number of benzene rings is 1. The molecule has 0 spiro atoms. The summed E-state index contributed by atoms with van der Waals surface area (Å²) in [5, 5.41) is 9.70. The van der Waals surface area contributed by atoms with E-state index >= 15 is 0 Å². The summed E-state index contributed by atoms with van der Waals surface area (Å²) in [6.45, 7) is 4.23. The van der Waals surface area contributed by atoms with Crippen LogP contribution in [0.3, 0.4) is 0 Å². The first-order chi connectivity index (χ1) is 9.70. The van der Waals surface area contributed by atoms with Crippen molar-refractivity contribution in [1.82, 2.24) is 0 Å². The fourth-order valence-corrected chi connectivity index (χ4v) is 2.93. The molecule has 0 radical (unpaired) electrons. The number of aliphatic hydroxyl groups excluding tert-OH is 1. The molecule has 0 amide bonds. The maximum Gasteiger partial charge on any atom is 0.126 e. The van der Waals surface area contributed by atoms with E-state index in [0.29, 0.717) is 5.92 Å². The molecule has 0 aromatic heterocycles. The van der Waals surface area contributed by atoms with Crippen LogP contribution in [-0.4, -0.2) is 17.8 Å². The normalized spacial score (nSPS) is 17.5. The van der Waals surface area contributed by atoms with E-state index in [1.807, 2.05) is 32.0 Å². The first-order valence-electron chi connectivity index (χ1n) is 7.77. The van der Waals surface area contributed by atoms with E-state index in [9.17, 15) is 5.11 Å². The molecule has 1 aliphatic rings. The lowest BCUT2D eigenvalue weighted by molar-refractivity contribution is 0.242. The molecule has 1 N–H and O–H groups in total. The second-order valence-electron chi connectivity index (χ2n) is 5.92. The third kappa shape index (κ3) is 4.11. The Morgan fingerprint density at radius 1 is 1.25 bits per heavy atom. The number of hydrogen-bond acceptors (Lipinski definition) is 2. The minimum atomic E-state index is 0.153. The lowest BCUT2D eigenvalue weighted by Crippen LogP contribution is -2.12. The van der Waals surface area contributed by atoms with Gasteiger partial charge in [0.1, 0.15) is 5.75 Å². The summed E-state index contributed by atoms with van der Waals surface area (Å²) in [5.41, 5.74) is 2.24.